The maximum absolute atomic E-state index is 12.7. The third-order valence-electron chi connectivity index (χ3n) is 20.1. The second kappa shape index (κ2) is 28.6. The smallest absolute Gasteiger partial charge is 0.251 e. The lowest BCUT2D eigenvalue weighted by Gasteiger charge is -2.20. The molecule has 21 nitrogen and oxygen atoms in total. The van der Waals surface area contributed by atoms with Gasteiger partial charge >= 0.3 is 0 Å². The molecule has 9 fully saturated rings. The Bertz CT molecular complexity index is 3300. The topological polar surface area (TPSA) is 235 Å². The number of ether oxygens (including phenoxy) is 6. The molecule has 6 aliphatic heterocycles. The lowest BCUT2D eigenvalue weighted by molar-refractivity contribution is 0.0613. The molecule has 0 radical (unpaired) electrons. The molecule has 3 aromatic carbocycles. The van der Waals surface area contributed by atoms with Gasteiger partial charge in [-0.25, -0.2) is 14.0 Å². The van der Waals surface area contributed by atoms with Crippen molar-refractivity contribution in [1.29, 1.82) is 0 Å². The van der Waals surface area contributed by atoms with Gasteiger partial charge in [-0.1, -0.05) is 166 Å². The summed E-state index contributed by atoms with van der Waals surface area (Å²) in [4.78, 5) is 37.8. The second-order valence-corrected chi connectivity index (χ2v) is 26.5. The molecule has 3 amide bonds. The predicted molar refractivity (Wildman–Crippen MR) is 329 cm³/mol. The summed E-state index contributed by atoms with van der Waals surface area (Å²) in [6.07, 6.45) is 28.3. The lowest BCUT2D eigenvalue weighted by atomic mass is 9.86. The number of nitrogens with one attached hydrogen (secondary N) is 3. The minimum atomic E-state index is -0.158. The van der Waals surface area contributed by atoms with E-state index in [1.54, 1.807) is 0 Å². The van der Waals surface area contributed by atoms with Crippen LogP contribution in [-0.2, 0) is 47.7 Å². The highest BCUT2D eigenvalue weighted by Gasteiger charge is 2.52. The third kappa shape index (κ3) is 14.6. The third-order valence-corrected chi connectivity index (χ3v) is 20.1. The van der Waals surface area contributed by atoms with Crippen LogP contribution in [0.3, 0.4) is 0 Å². The number of fused-ring (bicyclic) bond motifs is 3. The largest absolute Gasteiger partial charge is 0.371 e. The molecular weight excluding hydrogens is 1130 g/mol. The molecule has 21 heteroatoms. The number of carbonyl (C=O) groups excluding carboxylic acids is 3. The van der Waals surface area contributed by atoms with Crippen LogP contribution in [-0.4, -0.2) is 157 Å². The molecule has 15 rings (SSSR count). The highest BCUT2D eigenvalue weighted by molar-refractivity contribution is 5.96. The molecule has 0 bridgehead atoms. The van der Waals surface area contributed by atoms with Crippen LogP contribution in [0.5, 0.6) is 0 Å². The summed E-state index contributed by atoms with van der Waals surface area (Å²) in [5.41, 5.74) is 7.22. The minimum Gasteiger partial charge on any atom is -0.371 e. The van der Waals surface area contributed by atoms with Crippen molar-refractivity contribution in [2.45, 2.75) is 202 Å². The van der Waals surface area contributed by atoms with Gasteiger partial charge in [0.15, 0.2) is 0 Å². The molecular formula is C68H88N12O9. The van der Waals surface area contributed by atoms with E-state index in [9.17, 15) is 14.4 Å². The molecule has 3 aromatic heterocycles. The van der Waals surface area contributed by atoms with Gasteiger partial charge in [0.1, 0.15) is 54.7 Å². The van der Waals surface area contributed by atoms with Crippen molar-refractivity contribution in [3.05, 3.63) is 142 Å². The fourth-order valence-corrected chi connectivity index (χ4v) is 15.2. The first-order valence-corrected chi connectivity index (χ1v) is 33.2. The average Bonchev–Trinajstić information content (AvgIpc) is 1.83. The summed E-state index contributed by atoms with van der Waals surface area (Å²) in [6.45, 7) is 6.86. The van der Waals surface area contributed by atoms with Gasteiger partial charge in [0, 0.05) is 35.3 Å². The summed E-state index contributed by atoms with van der Waals surface area (Å²) in [7, 11) is 0. The standard InChI is InChI=1S/2C23H30N4O3.C22H28N4O3/c1-15-7-5-6-10-18(15)23(28)24-19-13-29-22-20(14-30-21(19)22)27-12-17(25-26-27)11-16-8-3-2-4-9-16;1-15-6-5-9-17(10-15)23(28)24-19-13-29-22-20(14-30-21(19)22)27-12-18(25-26-27)11-16-7-3-2-4-8-16;27-22(16-9-5-2-6-10-16)23-18-13-28-21-19(14-29-20(18)21)26-12-17(24-25-26)11-15-7-3-1-4-8-15/h5-7,10,12,16,19-22H,2-4,8-9,11,13-14H2,1H3,(H,24,28);5-6,9-10,12,16,19-22H,2-4,7-8,11,13-14H2,1H3,(H,24,28);2,5-6,9-10,12,15,18-21H,1,3-4,7-8,11,13-14H2,(H,23,27). The predicted octanol–water partition coefficient (Wildman–Crippen LogP) is 8.23. The zero-order valence-electron chi connectivity index (χ0n) is 51.6. The summed E-state index contributed by atoms with van der Waals surface area (Å²) in [5.74, 6) is 1.95. The van der Waals surface area contributed by atoms with Gasteiger partial charge in [-0.2, -0.15) is 0 Å². The van der Waals surface area contributed by atoms with E-state index in [1.807, 2.05) is 107 Å². The van der Waals surface area contributed by atoms with Crippen molar-refractivity contribution in [1.82, 2.24) is 60.9 Å². The molecule has 12 atom stereocenters. The van der Waals surface area contributed by atoms with Crippen LogP contribution in [0, 0.1) is 31.6 Å². The molecule has 0 spiro atoms. The average molecular weight is 1220 g/mol. The molecule has 3 N–H and O–H groups in total. The van der Waals surface area contributed by atoms with Gasteiger partial charge in [-0.3, -0.25) is 14.4 Å². The van der Waals surface area contributed by atoms with Crippen molar-refractivity contribution in [3.63, 3.8) is 0 Å². The van der Waals surface area contributed by atoms with E-state index >= 15 is 0 Å². The van der Waals surface area contributed by atoms with Gasteiger partial charge < -0.3 is 44.4 Å². The number of hydrogen-bond donors (Lipinski definition) is 3. The first-order chi connectivity index (χ1) is 43.6. The lowest BCUT2D eigenvalue weighted by Crippen LogP contribution is -2.44. The van der Waals surface area contributed by atoms with Crippen LogP contribution in [0.1, 0.15) is 174 Å². The number of nitrogens with zero attached hydrogens (tertiary/aromatic N) is 9. The summed E-state index contributed by atoms with van der Waals surface area (Å²) in [5, 5.41) is 35.7. The zero-order valence-corrected chi connectivity index (χ0v) is 51.6. The Hall–Kier alpha value is -6.75. The molecule has 3 aliphatic carbocycles. The van der Waals surface area contributed by atoms with Gasteiger partial charge in [-0.15, -0.1) is 15.3 Å². The van der Waals surface area contributed by atoms with Crippen LogP contribution >= 0.6 is 0 Å². The summed E-state index contributed by atoms with van der Waals surface area (Å²) < 4.78 is 42.0. The Labute approximate surface area is 521 Å². The highest BCUT2D eigenvalue weighted by atomic mass is 16.6. The van der Waals surface area contributed by atoms with Crippen LogP contribution in [0.4, 0.5) is 0 Å². The maximum atomic E-state index is 12.7. The molecule has 9 heterocycles. The fourth-order valence-electron chi connectivity index (χ4n) is 15.2. The number of carbonyl (C=O) groups is 3. The number of benzene rings is 3. The Morgan fingerprint density at radius 1 is 0.416 bits per heavy atom. The number of rotatable bonds is 15. The van der Waals surface area contributed by atoms with Crippen molar-refractivity contribution in [2.75, 3.05) is 39.6 Å². The normalized spacial score (nSPS) is 29.3. The molecule has 6 saturated heterocycles. The number of amides is 3. The fraction of sp³-hybridized carbons (Fsp3) is 0.603. The Balaban J connectivity index is 0.000000123. The van der Waals surface area contributed by atoms with Crippen molar-refractivity contribution in [3.8, 4) is 0 Å². The summed E-state index contributed by atoms with van der Waals surface area (Å²) in [6, 6.07) is 24.0. The highest BCUT2D eigenvalue weighted by Crippen LogP contribution is 2.38. The second-order valence-electron chi connectivity index (χ2n) is 26.5. The number of aryl methyl sites for hydroxylation is 2. The summed E-state index contributed by atoms with van der Waals surface area (Å²) >= 11 is 0. The van der Waals surface area contributed by atoms with Crippen molar-refractivity contribution < 1.29 is 42.8 Å². The number of aromatic nitrogens is 9. The Morgan fingerprint density at radius 3 is 1.20 bits per heavy atom. The van der Waals surface area contributed by atoms with E-state index in [-0.39, 0.29) is 90.6 Å². The first-order valence-electron chi connectivity index (χ1n) is 33.2. The van der Waals surface area contributed by atoms with Crippen LogP contribution < -0.4 is 16.0 Å². The Kier molecular flexibility index (Phi) is 19.6. The SMILES string of the molecule is Cc1cccc(C(=O)NC2COC3C2OCC3n2cc(CC3CCCCC3)nn2)c1.Cc1ccccc1C(=O)NC1COC2C1OCC2n1cc(CC2CCCCC2)nn1.O=C(NC1COC2C1OCC2n1cc(CC2CCCCC2)nn1)c1ccccc1. The van der Waals surface area contributed by atoms with Crippen LogP contribution in [0.25, 0.3) is 0 Å². The number of hydrogen-bond acceptors (Lipinski definition) is 15. The van der Waals surface area contributed by atoms with Gasteiger partial charge in [0.05, 0.1) is 74.8 Å². The monoisotopic (exact) mass is 1220 g/mol. The minimum absolute atomic E-state index is 0.00275. The van der Waals surface area contributed by atoms with E-state index in [1.165, 1.54) is 96.3 Å². The van der Waals surface area contributed by atoms with E-state index in [2.05, 4.69) is 65.5 Å². The van der Waals surface area contributed by atoms with Crippen molar-refractivity contribution >= 4 is 17.7 Å². The van der Waals surface area contributed by atoms with E-state index in [0.717, 1.165) is 65.2 Å². The first kappa shape index (κ1) is 61.1. The molecule has 3 saturated carbocycles. The van der Waals surface area contributed by atoms with Crippen LogP contribution in [0.2, 0.25) is 0 Å². The van der Waals surface area contributed by atoms with Crippen LogP contribution in [0.15, 0.2) is 97.5 Å². The molecule has 12 unspecified atom stereocenters. The van der Waals surface area contributed by atoms with Gasteiger partial charge in [0.2, 0.25) is 0 Å². The van der Waals surface area contributed by atoms with E-state index in [0.29, 0.717) is 56.3 Å². The van der Waals surface area contributed by atoms with Gasteiger partial charge in [0.25, 0.3) is 17.7 Å². The van der Waals surface area contributed by atoms with E-state index < -0.39 is 0 Å². The molecule has 9 aliphatic rings. The maximum Gasteiger partial charge on any atom is 0.251 e. The molecule has 6 aromatic rings. The zero-order chi connectivity index (χ0) is 60.6. The molecule has 89 heavy (non-hydrogen) atoms. The van der Waals surface area contributed by atoms with E-state index in [4.69, 9.17) is 28.4 Å². The quantitative estimate of drug-likeness (QED) is 0.0878. The Morgan fingerprint density at radius 2 is 0.787 bits per heavy atom. The van der Waals surface area contributed by atoms with Crippen molar-refractivity contribution in [2.24, 2.45) is 17.8 Å². The molecule has 474 valence electrons. The van der Waals surface area contributed by atoms with Gasteiger partial charge in [-0.05, 0) is 86.8 Å².